The third-order valence-corrected chi connectivity index (χ3v) is 5.03. The summed E-state index contributed by atoms with van der Waals surface area (Å²) in [6.45, 7) is 2.04. The maximum Gasteiger partial charge on any atom is 0.258 e. The molecule has 1 heterocycles. The van der Waals surface area contributed by atoms with Crippen LogP contribution in [0.5, 0.6) is 0 Å². The number of hydrogen-bond donors (Lipinski definition) is 0. The molecule has 3 aromatic carbocycles. The van der Waals surface area contributed by atoms with Gasteiger partial charge in [0.1, 0.15) is 5.82 Å². The van der Waals surface area contributed by atoms with E-state index >= 15 is 0 Å². The Bertz CT molecular complexity index is 934. The number of carbonyl (C=O) groups is 1. The minimum absolute atomic E-state index is 0.0373. The van der Waals surface area contributed by atoms with Crippen LogP contribution in [0.25, 0.3) is 11.1 Å². The minimum atomic E-state index is -0.252. The Morgan fingerprint density at radius 1 is 0.962 bits per heavy atom. The van der Waals surface area contributed by atoms with Crippen LogP contribution in [0.4, 0.5) is 10.1 Å². The average molecular weight is 345 g/mol. The maximum absolute atomic E-state index is 13.5. The van der Waals surface area contributed by atoms with Crippen LogP contribution in [0.15, 0.2) is 72.8 Å². The normalized spacial score (nSPS) is 16.2. The molecule has 0 fully saturated rings. The van der Waals surface area contributed by atoms with Crippen molar-refractivity contribution >= 4 is 11.6 Å². The van der Waals surface area contributed by atoms with Crippen molar-refractivity contribution in [1.29, 1.82) is 0 Å². The average Bonchev–Trinajstić information content (AvgIpc) is 2.68. The Hall–Kier alpha value is -2.94. The van der Waals surface area contributed by atoms with Crippen molar-refractivity contribution in [1.82, 2.24) is 0 Å². The first-order valence-electron chi connectivity index (χ1n) is 8.91. The third kappa shape index (κ3) is 3.01. The van der Waals surface area contributed by atoms with Crippen molar-refractivity contribution in [3.63, 3.8) is 0 Å². The molecular weight excluding hydrogens is 325 g/mol. The van der Waals surface area contributed by atoms with Gasteiger partial charge in [-0.1, -0.05) is 42.5 Å². The van der Waals surface area contributed by atoms with Gasteiger partial charge in [-0.15, -0.1) is 0 Å². The maximum atomic E-state index is 13.5. The Morgan fingerprint density at radius 2 is 1.65 bits per heavy atom. The van der Waals surface area contributed by atoms with Crippen LogP contribution in [0.2, 0.25) is 0 Å². The van der Waals surface area contributed by atoms with Gasteiger partial charge in [0.05, 0.1) is 0 Å². The number of benzene rings is 3. The summed E-state index contributed by atoms with van der Waals surface area (Å²) in [4.78, 5) is 14.9. The fourth-order valence-corrected chi connectivity index (χ4v) is 3.60. The molecule has 0 bridgehead atoms. The molecule has 26 heavy (non-hydrogen) atoms. The van der Waals surface area contributed by atoms with Crippen molar-refractivity contribution in [2.24, 2.45) is 0 Å². The first-order valence-corrected chi connectivity index (χ1v) is 8.91. The molecule has 0 N–H and O–H groups in total. The first-order chi connectivity index (χ1) is 12.6. The lowest BCUT2D eigenvalue weighted by Gasteiger charge is -2.35. The molecule has 130 valence electrons. The molecule has 1 amide bonds. The van der Waals surface area contributed by atoms with Gasteiger partial charge in [0.25, 0.3) is 5.91 Å². The Labute approximate surface area is 152 Å². The summed E-state index contributed by atoms with van der Waals surface area (Å²) in [5, 5.41) is 0. The van der Waals surface area contributed by atoms with E-state index in [-0.39, 0.29) is 17.8 Å². The Kier molecular flexibility index (Phi) is 4.29. The number of nitrogens with zero attached hydrogens (tertiary/aromatic N) is 1. The SMILES string of the molecule is C[C@@H]1CCc2cc(F)ccc2N1C(=O)c1ccc(-c2ccccc2)cc1. The van der Waals surface area contributed by atoms with Crippen LogP contribution in [-0.2, 0) is 6.42 Å². The molecule has 3 aromatic rings. The predicted molar refractivity (Wildman–Crippen MR) is 103 cm³/mol. The molecule has 4 rings (SSSR count). The van der Waals surface area contributed by atoms with Gasteiger partial charge in [-0.2, -0.15) is 0 Å². The lowest BCUT2D eigenvalue weighted by Crippen LogP contribution is -2.42. The van der Waals surface area contributed by atoms with Gasteiger partial charge in [0, 0.05) is 17.3 Å². The number of aryl methyl sites for hydroxylation is 1. The van der Waals surface area contributed by atoms with Gasteiger partial charge in [-0.3, -0.25) is 4.79 Å². The van der Waals surface area contributed by atoms with Crippen LogP contribution in [0.1, 0.15) is 29.3 Å². The number of fused-ring (bicyclic) bond motifs is 1. The summed E-state index contributed by atoms with van der Waals surface area (Å²) in [6, 6.07) is 22.6. The molecule has 0 radical (unpaired) electrons. The highest BCUT2D eigenvalue weighted by molar-refractivity contribution is 6.07. The first kappa shape index (κ1) is 16.5. The zero-order valence-electron chi connectivity index (χ0n) is 14.7. The van der Waals surface area contributed by atoms with Gasteiger partial charge in [-0.05, 0) is 66.8 Å². The van der Waals surface area contributed by atoms with Crippen molar-refractivity contribution in [3.05, 3.63) is 89.7 Å². The summed E-state index contributed by atoms with van der Waals surface area (Å²) in [6.07, 6.45) is 1.63. The van der Waals surface area contributed by atoms with Crippen molar-refractivity contribution in [2.45, 2.75) is 25.8 Å². The molecule has 0 aromatic heterocycles. The van der Waals surface area contributed by atoms with Crippen molar-refractivity contribution < 1.29 is 9.18 Å². The van der Waals surface area contributed by atoms with Gasteiger partial charge < -0.3 is 4.90 Å². The highest BCUT2D eigenvalue weighted by Crippen LogP contribution is 2.32. The summed E-state index contributed by atoms with van der Waals surface area (Å²) < 4.78 is 13.5. The molecule has 0 saturated carbocycles. The van der Waals surface area contributed by atoms with E-state index < -0.39 is 0 Å². The van der Waals surface area contributed by atoms with E-state index in [1.165, 1.54) is 6.07 Å². The Morgan fingerprint density at radius 3 is 2.38 bits per heavy atom. The number of hydrogen-bond acceptors (Lipinski definition) is 1. The summed E-state index contributed by atoms with van der Waals surface area (Å²) in [7, 11) is 0. The van der Waals surface area contributed by atoms with Crippen molar-refractivity contribution in [2.75, 3.05) is 4.90 Å². The predicted octanol–water partition coefficient (Wildman–Crippen LogP) is 5.47. The lowest BCUT2D eigenvalue weighted by molar-refractivity contribution is 0.0975. The number of anilines is 1. The minimum Gasteiger partial charge on any atom is -0.305 e. The highest BCUT2D eigenvalue weighted by Gasteiger charge is 2.29. The van der Waals surface area contributed by atoms with Crippen LogP contribution < -0.4 is 4.90 Å². The number of rotatable bonds is 2. The van der Waals surface area contributed by atoms with E-state index in [9.17, 15) is 9.18 Å². The van der Waals surface area contributed by atoms with Crippen LogP contribution >= 0.6 is 0 Å². The molecule has 0 unspecified atom stereocenters. The third-order valence-electron chi connectivity index (χ3n) is 5.03. The Balaban J connectivity index is 1.66. The lowest BCUT2D eigenvalue weighted by atomic mass is 9.95. The monoisotopic (exact) mass is 345 g/mol. The molecule has 2 nitrogen and oxygen atoms in total. The highest BCUT2D eigenvalue weighted by atomic mass is 19.1. The molecule has 1 aliphatic heterocycles. The van der Waals surface area contributed by atoms with Gasteiger partial charge in [0.2, 0.25) is 0 Å². The second-order valence-corrected chi connectivity index (χ2v) is 6.78. The summed E-state index contributed by atoms with van der Waals surface area (Å²) in [5.74, 6) is -0.289. The molecule has 1 atom stereocenters. The topological polar surface area (TPSA) is 20.3 Å². The summed E-state index contributed by atoms with van der Waals surface area (Å²) >= 11 is 0. The van der Waals surface area contributed by atoms with E-state index in [0.29, 0.717) is 5.56 Å². The van der Waals surface area contributed by atoms with E-state index in [2.05, 4.69) is 0 Å². The fourth-order valence-electron chi connectivity index (χ4n) is 3.60. The quantitative estimate of drug-likeness (QED) is 0.603. The molecule has 3 heteroatoms. The number of amides is 1. The van der Waals surface area contributed by atoms with E-state index in [0.717, 1.165) is 35.2 Å². The standard InChI is InChI=1S/C23H20FNO/c1-16-7-8-20-15-21(24)13-14-22(20)25(16)23(26)19-11-9-18(10-12-19)17-5-3-2-4-6-17/h2-6,9-16H,7-8H2,1H3/t16-/m1/s1. The van der Waals surface area contributed by atoms with Crippen LogP contribution in [0, 0.1) is 5.82 Å². The van der Waals surface area contributed by atoms with Crippen LogP contribution in [-0.4, -0.2) is 11.9 Å². The van der Waals surface area contributed by atoms with Gasteiger partial charge in [0.15, 0.2) is 0 Å². The zero-order chi connectivity index (χ0) is 18.1. The van der Waals surface area contributed by atoms with Crippen molar-refractivity contribution in [3.8, 4) is 11.1 Å². The largest absolute Gasteiger partial charge is 0.305 e. The second kappa shape index (κ2) is 6.75. The fraction of sp³-hybridized carbons (Fsp3) is 0.174. The van der Waals surface area contributed by atoms with Gasteiger partial charge in [-0.25, -0.2) is 4.39 Å². The molecule has 1 aliphatic rings. The zero-order valence-corrected chi connectivity index (χ0v) is 14.7. The van der Waals surface area contributed by atoms with E-state index in [4.69, 9.17) is 0 Å². The smallest absolute Gasteiger partial charge is 0.258 e. The van der Waals surface area contributed by atoms with E-state index in [1.54, 1.807) is 17.0 Å². The van der Waals surface area contributed by atoms with Crippen LogP contribution in [0.3, 0.4) is 0 Å². The molecule has 0 spiro atoms. The molecule has 0 aliphatic carbocycles. The van der Waals surface area contributed by atoms with E-state index in [1.807, 2.05) is 61.5 Å². The summed E-state index contributed by atoms with van der Waals surface area (Å²) in [5.41, 5.74) is 4.57. The molecular formula is C23H20FNO. The molecule has 0 saturated heterocycles. The second-order valence-electron chi connectivity index (χ2n) is 6.78. The number of halogens is 1. The van der Waals surface area contributed by atoms with Gasteiger partial charge >= 0.3 is 0 Å². The number of carbonyl (C=O) groups excluding carboxylic acids is 1.